The van der Waals surface area contributed by atoms with Crippen molar-refractivity contribution in [2.24, 2.45) is 11.8 Å². The van der Waals surface area contributed by atoms with E-state index in [1.807, 2.05) is 7.05 Å². The second kappa shape index (κ2) is 6.60. The first-order valence-electron chi connectivity index (χ1n) is 6.35. The fourth-order valence-corrected chi connectivity index (χ4v) is 3.47. The molecule has 4 heteroatoms. The molecule has 0 aromatic carbocycles. The zero-order chi connectivity index (χ0) is 12.0. The molecule has 0 amide bonds. The molecule has 1 rings (SSSR count). The molecular weight excluding hydrogens is 222 g/mol. The van der Waals surface area contributed by atoms with Gasteiger partial charge in [0.25, 0.3) is 0 Å². The Morgan fingerprint density at radius 1 is 1.12 bits per heavy atom. The average molecular weight is 247 g/mol. The van der Waals surface area contributed by atoms with Crippen LogP contribution >= 0.6 is 0 Å². The predicted octanol–water partition coefficient (Wildman–Crippen LogP) is 1.84. The van der Waals surface area contributed by atoms with Crippen LogP contribution in [0.15, 0.2) is 0 Å². The highest BCUT2D eigenvalue weighted by molar-refractivity contribution is 7.90. The second-order valence-electron chi connectivity index (χ2n) is 5.13. The highest BCUT2D eigenvalue weighted by Crippen LogP contribution is 2.31. The molecule has 0 radical (unpaired) electrons. The van der Waals surface area contributed by atoms with Gasteiger partial charge in [0.05, 0.1) is 5.75 Å². The first-order chi connectivity index (χ1) is 7.53. The monoisotopic (exact) mass is 247 g/mol. The van der Waals surface area contributed by atoms with Crippen LogP contribution in [0.3, 0.4) is 0 Å². The summed E-state index contributed by atoms with van der Waals surface area (Å²) in [4.78, 5) is 0. The molecule has 2 atom stereocenters. The Hall–Kier alpha value is -0.0900. The van der Waals surface area contributed by atoms with Crippen LogP contribution in [-0.2, 0) is 9.84 Å². The van der Waals surface area contributed by atoms with Gasteiger partial charge < -0.3 is 5.32 Å². The molecule has 0 spiro atoms. The van der Waals surface area contributed by atoms with Gasteiger partial charge in [-0.25, -0.2) is 8.42 Å². The van der Waals surface area contributed by atoms with E-state index in [9.17, 15) is 8.42 Å². The average Bonchev–Trinajstić information content (AvgIpc) is 2.40. The van der Waals surface area contributed by atoms with Crippen LogP contribution in [0.5, 0.6) is 0 Å². The van der Waals surface area contributed by atoms with Gasteiger partial charge in [0.15, 0.2) is 0 Å². The zero-order valence-electron chi connectivity index (χ0n) is 10.5. The van der Waals surface area contributed by atoms with Crippen molar-refractivity contribution in [2.75, 3.05) is 25.6 Å². The van der Waals surface area contributed by atoms with E-state index in [2.05, 4.69) is 5.32 Å². The summed E-state index contributed by atoms with van der Waals surface area (Å²) in [6.07, 6.45) is 8.56. The fourth-order valence-electron chi connectivity index (χ4n) is 2.74. The maximum atomic E-state index is 11.2. The molecule has 1 aliphatic rings. The van der Waals surface area contributed by atoms with Crippen LogP contribution in [-0.4, -0.2) is 34.0 Å². The predicted molar refractivity (Wildman–Crippen MR) is 68.3 cm³/mol. The molecule has 0 aliphatic heterocycles. The smallest absolute Gasteiger partial charge is 0.147 e. The van der Waals surface area contributed by atoms with Crippen molar-refractivity contribution >= 4 is 9.84 Å². The third kappa shape index (κ3) is 5.30. The lowest BCUT2D eigenvalue weighted by Crippen LogP contribution is -2.26. The molecule has 0 heterocycles. The third-order valence-corrected chi connectivity index (χ3v) is 4.62. The Morgan fingerprint density at radius 2 is 1.75 bits per heavy atom. The maximum absolute atomic E-state index is 11.2. The van der Waals surface area contributed by atoms with Crippen molar-refractivity contribution in [3.8, 4) is 0 Å². The first kappa shape index (κ1) is 14.0. The molecule has 96 valence electrons. The molecule has 1 aliphatic carbocycles. The lowest BCUT2D eigenvalue weighted by atomic mass is 9.86. The first-order valence-corrected chi connectivity index (χ1v) is 8.41. The van der Waals surface area contributed by atoms with E-state index in [1.165, 1.54) is 38.4 Å². The largest absolute Gasteiger partial charge is 0.319 e. The van der Waals surface area contributed by atoms with Crippen molar-refractivity contribution < 1.29 is 8.42 Å². The fraction of sp³-hybridized carbons (Fsp3) is 1.00. The van der Waals surface area contributed by atoms with Gasteiger partial charge in [-0.1, -0.05) is 25.7 Å². The minimum absolute atomic E-state index is 0.359. The van der Waals surface area contributed by atoms with Crippen molar-refractivity contribution in [1.29, 1.82) is 0 Å². The summed E-state index contributed by atoms with van der Waals surface area (Å²) < 4.78 is 22.4. The molecule has 1 saturated carbocycles. The van der Waals surface area contributed by atoms with E-state index in [0.717, 1.165) is 13.0 Å². The van der Waals surface area contributed by atoms with Gasteiger partial charge in [-0.2, -0.15) is 0 Å². The molecule has 0 bridgehead atoms. The van der Waals surface area contributed by atoms with Gasteiger partial charge in [-0.3, -0.25) is 0 Å². The number of hydrogen-bond acceptors (Lipinski definition) is 3. The summed E-state index contributed by atoms with van der Waals surface area (Å²) >= 11 is 0. The van der Waals surface area contributed by atoms with Gasteiger partial charge in [0.2, 0.25) is 0 Å². The lowest BCUT2D eigenvalue weighted by Gasteiger charge is -2.24. The molecule has 0 aromatic heterocycles. The zero-order valence-corrected chi connectivity index (χ0v) is 11.4. The van der Waals surface area contributed by atoms with Crippen LogP contribution in [0.4, 0.5) is 0 Å². The summed E-state index contributed by atoms with van der Waals surface area (Å²) in [6.45, 7) is 1.04. The highest BCUT2D eigenvalue weighted by atomic mass is 32.2. The molecular formula is C12H25NO2S. The van der Waals surface area contributed by atoms with Gasteiger partial charge in [-0.05, 0) is 38.3 Å². The summed E-state index contributed by atoms with van der Waals surface area (Å²) in [6, 6.07) is 0. The Labute approximate surface area is 99.9 Å². The van der Waals surface area contributed by atoms with E-state index >= 15 is 0 Å². The van der Waals surface area contributed by atoms with Crippen molar-refractivity contribution in [1.82, 2.24) is 5.32 Å². The number of nitrogens with one attached hydrogen (secondary N) is 1. The molecule has 0 saturated heterocycles. The van der Waals surface area contributed by atoms with E-state index in [-0.39, 0.29) is 0 Å². The van der Waals surface area contributed by atoms with Crippen LogP contribution in [0.1, 0.15) is 38.5 Å². The lowest BCUT2D eigenvalue weighted by molar-refractivity contribution is 0.298. The van der Waals surface area contributed by atoms with Crippen LogP contribution in [0.25, 0.3) is 0 Å². The van der Waals surface area contributed by atoms with Crippen LogP contribution < -0.4 is 5.32 Å². The van der Waals surface area contributed by atoms with E-state index in [4.69, 9.17) is 0 Å². The van der Waals surface area contributed by atoms with Crippen molar-refractivity contribution in [3.05, 3.63) is 0 Å². The van der Waals surface area contributed by atoms with Gasteiger partial charge in [0, 0.05) is 6.26 Å². The molecule has 2 unspecified atom stereocenters. The second-order valence-corrected chi connectivity index (χ2v) is 7.39. The Kier molecular flexibility index (Phi) is 5.76. The molecule has 1 N–H and O–H groups in total. The van der Waals surface area contributed by atoms with E-state index in [1.54, 1.807) is 0 Å². The minimum atomic E-state index is -2.79. The third-order valence-electron chi connectivity index (χ3n) is 3.64. The Balaban J connectivity index is 2.50. The normalized spacial score (nSPS) is 27.6. The van der Waals surface area contributed by atoms with Gasteiger partial charge >= 0.3 is 0 Å². The van der Waals surface area contributed by atoms with E-state index < -0.39 is 9.84 Å². The van der Waals surface area contributed by atoms with Crippen LogP contribution in [0, 0.1) is 11.8 Å². The van der Waals surface area contributed by atoms with E-state index in [0.29, 0.717) is 17.6 Å². The van der Waals surface area contributed by atoms with Gasteiger partial charge in [-0.15, -0.1) is 0 Å². The topological polar surface area (TPSA) is 46.2 Å². The summed E-state index contributed by atoms with van der Waals surface area (Å²) in [5, 5.41) is 3.24. The number of sulfone groups is 1. The van der Waals surface area contributed by atoms with Crippen LogP contribution in [0.2, 0.25) is 0 Å². The SMILES string of the molecule is CNCC1CCCCCC1CCS(C)(=O)=O. The minimum Gasteiger partial charge on any atom is -0.319 e. The molecule has 3 nitrogen and oxygen atoms in total. The Morgan fingerprint density at radius 3 is 2.31 bits per heavy atom. The highest BCUT2D eigenvalue weighted by Gasteiger charge is 2.23. The number of rotatable bonds is 5. The maximum Gasteiger partial charge on any atom is 0.147 e. The Bertz CT molecular complexity index is 287. The summed E-state index contributed by atoms with van der Waals surface area (Å²) in [5.74, 6) is 1.64. The standard InChI is InChI=1S/C12H25NO2S/c1-13-10-12-7-5-3-4-6-11(12)8-9-16(2,14)15/h11-13H,3-10H2,1-2H3. The van der Waals surface area contributed by atoms with Crippen molar-refractivity contribution in [3.63, 3.8) is 0 Å². The summed E-state index contributed by atoms with van der Waals surface area (Å²) in [7, 11) is -0.810. The summed E-state index contributed by atoms with van der Waals surface area (Å²) in [5.41, 5.74) is 0. The molecule has 0 aromatic rings. The van der Waals surface area contributed by atoms with Crippen molar-refractivity contribution in [2.45, 2.75) is 38.5 Å². The number of hydrogen-bond donors (Lipinski definition) is 1. The molecule has 16 heavy (non-hydrogen) atoms. The quantitative estimate of drug-likeness (QED) is 0.754. The van der Waals surface area contributed by atoms with Gasteiger partial charge in [0.1, 0.15) is 9.84 Å². The molecule has 1 fully saturated rings.